The van der Waals surface area contributed by atoms with Crippen LogP contribution in [0.15, 0.2) is 18.2 Å². The molecule has 13 heavy (non-hydrogen) atoms. The second kappa shape index (κ2) is 4.23. The SMILES string of the molecule is Cc1ccc(F)c(OC[C@H](C)O)c1. The Morgan fingerprint density at radius 1 is 1.54 bits per heavy atom. The first kappa shape index (κ1) is 9.99. The molecule has 1 aromatic carbocycles. The highest BCUT2D eigenvalue weighted by atomic mass is 19.1. The van der Waals surface area contributed by atoms with Crippen LogP contribution in [0, 0.1) is 12.7 Å². The first-order chi connectivity index (χ1) is 6.09. The molecule has 0 heterocycles. The smallest absolute Gasteiger partial charge is 0.165 e. The first-order valence-electron chi connectivity index (χ1n) is 4.16. The van der Waals surface area contributed by atoms with Crippen LogP contribution >= 0.6 is 0 Å². The Kier molecular flexibility index (Phi) is 3.25. The number of rotatable bonds is 3. The second-order valence-electron chi connectivity index (χ2n) is 3.09. The summed E-state index contributed by atoms with van der Waals surface area (Å²) in [6.07, 6.45) is -0.583. The molecule has 0 spiro atoms. The topological polar surface area (TPSA) is 29.5 Å². The lowest BCUT2D eigenvalue weighted by Gasteiger charge is -2.09. The van der Waals surface area contributed by atoms with E-state index >= 15 is 0 Å². The molecule has 1 N–H and O–H groups in total. The van der Waals surface area contributed by atoms with Crippen LogP contribution in [-0.4, -0.2) is 17.8 Å². The predicted octanol–water partition coefficient (Wildman–Crippen LogP) is 1.89. The van der Waals surface area contributed by atoms with Crippen LogP contribution < -0.4 is 4.74 Å². The van der Waals surface area contributed by atoms with E-state index in [-0.39, 0.29) is 12.4 Å². The van der Waals surface area contributed by atoms with Gasteiger partial charge in [0, 0.05) is 0 Å². The van der Waals surface area contributed by atoms with Gasteiger partial charge in [-0.1, -0.05) is 6.07 Å². The maximum absolute atomic E-state index is 13.0. The van der Waals surface area contributed by atoms with Gasteiger partial charge in [0.05, 0.1) is 6.10 Å². The minimum Gasteiger partial charge on any atom is -0.488 e. The molecule has 0 bridgehead atoms. The Balaban J connectivity index is 2.70. The molecule has 0 saturated carbocycles. The largest absolute Gasteiger partial charge is 0.488 e. The number of hydrogen-bond acceptors (Lipinski definition) is 2. The van der Waals surface area contributed by atoms with Gasteiger partial charge < -0.3 is 9.84 Å². The maximum atomic E-state index is 13.0. The van der Waals surface area contributed by atoms with Crippen molar-refractivity contribution in [3.05, 3.63) is 29.6 Å². The molecule has 0 unspecified atom stereocenters. The van der Waals surface area contributed by atoms with Crippen LogP contribution in [0.2, 0.25) is 0 Å². The number of hydrogen-bond donors (Lipinski definition) is 1. The number of ether oxygens (including phenoxy) is 1. The van der Waals surface area contributed by atoms with E-state index in [4.69, 9.17) is 9.84 Å². The molecule has 1 aromatic rings. The van der Waals surface area contributed by atoms with Gasteiger partial charge >= 0.3 is 0 Å². The van der Waals surface area contributed by atoms with Crippen LogP contribution in [-0.2, 0) is 0 Å². The minimum absolute atomic E-state index is 0.111. The molecule has 0 radical (unpaired) electrons. The van der Waals surface area contributed by atoms with Crippen molar-refractivity contribution in [2.45, 2.75) is 20.0 Å². The van der Waals surface area contributed by atoms with E-state index in [1.54, 1.807) is 19.1 Å². The van der Waals surface area contributed by atoms with E-state index in [1.807, 2.05) is 6.92 Å². The number of aryl methyl sites for hydroxylation is 1. The van der Waals surface area contributed by atoms with E-state index in [2.05, 4.69) is 0 Å². The molecular weight excluding hydrogens is 171 g/mol. The Bertz CT molecular complexity index is 284. The Morgan fingerprint density at radius 3 is 2.85 bits per heavy atom. The summed E-state index contributed by atoms with van der Waals surface area (Å²) in [7, 11) is 0. The molecule has 72 valence electrons. The molecule has 0 saturated heterocycles. The molecule has 0 fully saturated rings. The zero-order chi connectivity index (χ0) is 9.84. The van der Waals surface area contributed by atoms with Crippen molar-refractivity contribution in [1.29, 1.82) is 0 Å². The van der Waals surface area contributed by atoms with Gasteiger partial charge in [-0.25, -0.2) is 4.39 Å². The quantitative estimate of drug-likeness (QED) is 0.777. The third-order valence-corrected chi connectivity index (χ3v) is 1.57. The molecule has 1 atom stereocenters. The summed E-state index contributed by atoms with van der Waals surface area (Å²) >= 11 is 0. The Hall–Kier alpha value is -1.09. The van der Waals surface area contributed by atoms with Gasteiger partial charge in [0.2, 0.25) is 0 Å². The van der Waals surface area contributed by atoms with Crippen LogP contribution in [0.1, 0.15) is 12.5 Å². The molecule has 0 amide bonds. The van der Waals surface area contributed by atoms with Crippen molar-refractivity contribution < 1.29 is 14.2 Å². The van der Waals surface area contributed by atoms with E-state index in [0.29, 0.717) is 0 Å². The molecule has 2 nitrogen and oxygen atoms in total. The summed E-state index contributed by atoms with van der Waals surface area (Å²) in [5, 5.41) is 8.93. The van der Waals surface area contributed by atoms with Gasteiger partial charge in [0.1, 0.15) is 6.61 Å². The van der Waals surface area contributed by atoms with Gasteiger partial charge in [-0.3, -0.25) is 0 Å². The lowest BCUT2D eigenvalue weighted by Crippen LogP contribution is -2.13. The third-order valence-electron chi connectivity index (χ3n) is 1.57. The molecule has 0 aliphatic rings. The van der Waals surface area contributed by atoms with E-state index in [9.17, 15) is 4.39 Å². The van der Waals surface area contributed by atoms with E-state index in [0.717, 1.165) is 5.56 Å². The zero-order valence-electron chi connectivity index (χ0n) is 7.75. The highest BCUT2D eigenvalue weighted by molar-refractivity contribution is 5.29. The number of halogens is 1. The third kappa shape index (κ3) is 3.03. The molecule has 0 aliphatic carbocycles. The fourth-order valence-corrected chi connectivity index (χ4v) is 0.932. The number of aliphatic hydroxyl groups is 1. The second-order valence-corrected chi connectivity index (χ2v) is 3.09. The summed E-state index contributed by atoms with van der Waals surface area (Å²) in [5.74, 6) is -0.202. The highest BCUT2D eigenvalue weighted by Gasteiger charge is 2.04. The van der Waals surface area contributed by atoms with E-state index < -0.39 is 11.9 Å². The molecular formula is C10H13FO2. The van der Waals surface area contributed by atoms with Crippen molar-refractivity contribution in [3.8, 4) is 5.75 Å². The van der Waals surface area contributed by atoms with Crippen molar-refractivity contribution in [2.24, 2.45) is 0 Å². The van der Waals surface area contributed by atoms with Gasteiger partial charge in [-0.2, -0.15) is 0 Å². The lowest BCUT2D eigenvalue weighted by atomic mass is 10.2. The standard InChI is InChI=1S/C10H13FO2/c1-7-3-4-9(11)10(5-7)13-6-8(2)12/h3-5,8,12H,6H2,1-2H3/t8-/m0/s1. The Morgan fingerprint density at radius 2 is 2.23 bits per heavy atom. The Labute approximate surface area is 77.0 Å². The van der Waals surface area contributed by atoms with Crippen molar-refractivity contribution >= 4 is 0 Å². The van der Waals surface area contributed by atoms with Gasteiger partial charge in [-0.05, 0) is 31.5 Å². The van der Waals surface area contributed by atoms with Gasteiger partial charge in [0.15, 0.2) is 11.6 Å². The maximum Gasteiger partial charge on any atom is 0.165 e. The summed E-state index contributed by atoms with van der Waals surface area (Å²) in [6, 6.07) is 4.63. The molecule has 0 aliphatic heterocycles. The number of aliphatic hydroxyl groups excluding tert-OH is 1. The van der Waals surface area contributed by atoms with Crippen LogP contribution in [0.5, 0.6) is 5.75 Å². The minimum atomic E-state index is -0.583. The average Bonchev–Trinajstić information content (AvgIpc) is 2.06. The van der Waals surface area contributed by atoms with Crippen LogP contribution in [0.3, 0.4) is 0 Å². The summed E-state index contributed by atoms with van der Waals surface area (Å²) in [6.45, 7) is 3.56. The van der Waals surface area contributed by atoms with E-state index in [1.165, 1.54) is 6.07 Å². The van der Waals surface area contributed by atoms with Gasteiger partial charge in [-0.15, -0.1) is 0 Å². The molecule has 0 aromatic heterocycles. The van der Waals surface area contributed by atoms with Crippen LogP contribution in [0.4, 0.5) is 4.39 Å². The first-order valence-corrected chi connectivity index (χ1v) is 4.16. The highest BCUT2D eigenvalue weighted by Crippen LogP contribution is 2.18. The summed E-state index contributed by atoms with van der Waals surface area (Å²) < 4.78 is 18.1. The molecule has 3 heteroatoms. The summed E-state index contributed by atoms with van der Waals surface area (Å²) in [5.41, 5.74) is 0.932. The van der Waals surface area contributed by atoms with Crippen molar-refractivity contribution in [3.63, 3.8) is 0 Å². The van der Waals surface area contributed by atoms with Gasteiger partial charge in [0.25, 0.3) is 0 Å². The summed E-state index contributed by atoms with van der Waals surface area (Å²) in [4.78, 5) is 0. The molecule has 1 rings (SSSR count). The zero-order valence-corrected chi connectivity index (χ0v) is 7.75. The fraction of sp³-hybridized carbons (Fsp3) is 0.400. The normalized spacial score (nSPS) is 12.6. The predicted molar refractivity (Wildman–Crippen MR) is 48.3 cm³/mol. The monoisotopic (exact) mass is 184 g/mol. The van der Waals surface area contributed by atoms with Crippen LogP contribution in [0.25, 0.3) is 0 Å². The van der Waals surface area contributed by atoms with Crippen molar-refractivity contribution in [2.75, 3.05) is 6.61 Å². The average molecular weight is 184 g/mol. The fourth-order valence-electron chi connectivity index (χ4n) is 0.932. The van der Waals surface area contributed by atoms with Crippen molar-refractivity contribution in [1.82, 2.24) is 0 Å². The lowest BCUT2D eigenvalue weighted by molar-refractivity contribution is 0.120. The number of benzene rings is 1.